The number of benzene rings is 2. The van der Waals surface area contributed by atoms with Gasteiger partial charge in [0.25, 0.3) is 11.8 Å². The summed E-state index contributed by atoms with van der Waals surface area (Å²) >= 11 is 0. The molecule has 1 aliphatic rings. The number of pyridine rings is 1. The van der Waals surface area contributed by atoms with Gasteiger partial charge in [0.15, 0.2) is 0 Å². The van der Waals surface area contributed by atoms with Crippen molar-refractivity contribution in [1.29, 1.82) is 0 Å². The topological polar surface area (TPSA) is 118 Å². The first kappa shape index (κ1) is 31.7. The van der Waals surface area contributed by atoms with E-state index >= 15 is 0 Å². The highest BCUT2D eigenvalue weighted by molar-refractivity contribution is 7.89. The fourth-order valence-corrected chi connectivity index (χ4v) is 5.35. The highest BCUT2D eigenvalue weighted by Crippen LogP contribution is 2.31. The quantitative estimate of drug-likeness (QED) is 0.168. The van der Waals surface area contributed by atoms with Crippen LogP contribution in [0.15, 0.2) is 77.3 Å². The summed E-state index contributed by atoms with van der Waals surface area (Å²) in [6.45, 7) is 0.624. The van der Waals surface area contributed by atoms with Crippen molar-refractivity contribution in [3.05, 3.63) is 89.3 Å². The summed E-state index contributed by atoms with van der Waals surface area (Å²) in [5, 5.41) is 4.53. The number of carbonyl (C=O) groups excluding carboxylic acids is 2. The van der Waals surface area contributed by atoms with Crippen LogP contribution in [0.25, 0.3) is 6.08 Å². The van der Waals surface area contributed by atoms with E-state index in [2.05, 4.69) is 15.6 Å². The second-order valence-electron chi connectivity index (χ2n) is 9.06. The van der Waals surface area contributed by atoms with E-state index in [0.29, 0.717) is 12.1 Å². The lowest BCUT2D eigenvalue weighted by Gasteiger charge is -2.26. The fourth-order valence-electron chi connectivity index (χ4n) is 3.90. The predicted octanol–water partition coefficient (Wildman–Crippen LogP) is 4.80. The van der Waals surface area contributed by atoms with Gasteiger partial charge in [0.05, 0.1) is 23.7 Å². The molecule has 1 aliphatic heterocycles. The molecule has 3 aromatic rings. The van der Waals surface area contributed by atoms with E-state index in [9.17, 15) is 44.3 Å². The Labute approximate surface area is 241 Å². The number of rotatable bonds is 7. The number of anilines is 2. The van der Waals surface area contributed by atoms with Crippen LogP contribution in [0, 0.1) is 0 Å². The lowest BCUT2D eigenvalue weighted by molar-refractivity contribution is -0.141. The van der Waals surface area contributed by atoms with Crippen LogP contribution in [0.2, 0.25) is 0 Å². The van der Waals surface area contributed by atoms with Gasteiger partial charge in [0, 0.05) is 30.7 Å². The van der Waals surface area contributed by atoms with E-state index in [1.807, 2.05) is 0 Å². The smallest absolute Gasteiger partial charge is 0.379 e. The highest BCUT2D eigenvalue weighted by Gasteiger charge is 2.33. The Hall–Kier alpha value is -4.28. The van der Waals surface area contributed by atoms with Crippen molar-refractivity contribution in [2.45, 2.75) is 17.2 Å². The minimum Gasteiger partial charge on any atom is -0.379 e. The van der Waals surface area contributed by atoms with Crippen molar-refractivity contribution in [2.75, 3.05) is 36.9 Å². The van der Waals surface area contributed by atoms with Crippen LogP contribution in [0.1, 0.15) is 16.8 Å². The summed E-state index contributed by atoms with van der Waals surface area (Å²) in [7, 11) is -3.96. The SMILES string of the molecule is O=C(Nc1cccc(C(F)(F)F)c1)C(=Cc1ccc(C(F)(F)F)nc1)C(=O)Nc1cccc(S(=O)(=O)N2CCOCC2)c1. The van der Waals surface area contributed by atoms with Crippen LogP contribution in [-0.2, 0) is 36.7 Å². The molecular formula is C27H22F6N4O5S. The minimum absolute atomic E-state index is 0.0531. The Morgan fingerprint density at radius 2 is 1.44 bits per heavy atom. The standard InChI is InChI=1S/C27H22F6N4O5S/c28-26(29,30)18-3-1-4-19(14-18)35-24(38)22(13-17-7-8-23(34-16-17)27(31,32)33)25(39)36-20-5-2-6-21(15-20)43(40,41)37-9-11-42-12-10-37/h1-8,13-16H,9-12H2,(H,35,38)(H,36,39). The third-order valence-electron chi connectivity index (χ3n) is 6.02. The average molecular weight is 629 g/mol. The van der Waals surface area contributed by atoms with E-state index in [0.717, 1.165) is 42.6 Å². The van der Waals surface area contributed by atoms with Gasteiger partial charge in [-0.15, -0.1) is 0 Å². The van der Waals surface area contributed by atoms with Crippen molar-refractivity contribution >= 4 is 39.3 Å². The Morgan fingerprint density at radius 1 is 0.837 bits per heavy atom. The van der Waals surface area contributed by atoms with Crippen LogP contribution in [0.5, 0.6) is 0 Å². The molecule has 0 atom stereocenters. The zero-order valence-electron chi connectivity index (χ0n) is 21.9. The highest BCUT2D eigenvalue weighted by atomic mass is 32.2. The van der Waals surface area contributed by atoms with Crippen molar-refractivity contribution < 1.29 is 49.1 Å². The molecule has 0 radical (unpaired) electrons. The molecule has 2 heterocycles. The number of nitrogens with one attached hydrogen (secondary N) is 2. The number of sulfonamides is 1. The molecule has 1 saturated heterocycles. The van der Waals surface area contributed by atoms with Crippen molar-refractivity contribution in [3.63, 3.8) is 0 Å². The van der Waals surface area contributed by atoms with Gasteiger partial charge in [-0.3, -0.25) is 14.6 Å². The molecule has 228 valence electrons. The zero-order chi connectivity index (χ0) is 31.4. The molecule has 0 unspecified atom stereocenters. The van der Waals surface area contributed by atoms with E-state index < -0.39 is 51.0 Å². The van der Waals surface area contributed by atoms with Gasteiger partial charge in [-0.1, -0.05) is 18.2 Å². The van der Waals surface area contributed by atoms with Crippen LogP contribution >= 0.6 is 0 Å². The molecular weight excluding hydrogens is 606 g/mol. The van der Waals surface area contributed by atoms with Crippen LogP contribution in [0.3, 0.4) is 0 Å². The molecule has 1 fully saturated rings. The molecule has 2 amide bonds. The number of amides is 2. The number of halogens is 6. The van der Waals surface area contributed by atoms with Gasteiger partial charge in [-0.2, -0.15) is 30.6 Å². The van der Waals surface area contributed by atoms with Crippen molar-refractivity contribution in [2.24, 2.45) is 0 Å². The lowest BCUT2D eigenvalue weighted by atomic mass is 10.1. The number of hydrogen-bond acceptors (Lipinski definition) is 6. The second kappa shape index (κ2) is 12.5. The monoisotopic (exact) mass is 628 g/mol. The van der Waals surface area contributed by atoms with E-state index in [1.54, 1.807) is 0 Å². The number of hydrogen-bond donors (Lipinski definition) is 2. The van der Waals surface area contributed by atoms with E-state index in [-0.39, 0.29) is 48.1 Å². The van der Waals surface area contributed by atoms with Gasteiger partial charge < -0.3 is 15.4 Å². The Bertz CT molecular complexity index is 1630. The number of carbonyl (C=O) groups is 2. The summed E-state index contributed by atoms with van der Waals surface area (Å²) in [5.41, 5.74) is -3.51. The number of aromatic nitrogens is 1. The first-order valence-corrected chi connectivity index (χ1v) is 13.8. The molecule has 0 saturated carbocycles. The number of alkyl halides is 6. The molecule has 2 N–H and O–H groups in total. The zero-order valence-corrected chi connectivity index (χ0v) is 22.7. The summed E-state index contributed by atoms with van der Waals surface area (Å²) in [6.07, 6.45) is -7.84. The Morgan fingerprint density at radius 3 is 2.00 bits per heavy atom. The van der Waals surface area contributed by atoms with E-state index in [1.165, 1.54) is 22.5 Å². The number of morpholine rings is 1. The van der Waals surface area contributed by atoms with Crippen molar-refractivity contribution in [3.8, 4) is 0 Å². The Kier molecular flexibility index (Phi) is 9.22. The molecule has 2 aromatic carbocycles. The van der Waals surface area contributed by atoms with Gasteiger partial charge in [-0.25, -0.2) is 8.42 Å². The molecule has 16 heteroatoms. The summed E-state index contributed by atoms with van der Waals surface area (Å²) in [6, 6.07) is 10.2. The third-order valence-corrected chi connectivity index (χ3v) is 7.92. The predicted molar refractivity (Wildman–Crippen MR) is 142 cm³/mol. The van der Waals surface area contributed by atoms with Gasteiger partial charge in [0.1, 0.15) is 11.3 Å². The first-order valence-electron chi connectivity index (χ1n) is 12.4. The van der Waals surface area contributed by atoms with Gasteiger partial charge in [-0.05, 0) is 54.1 Å². The molecule has 0 spiro atoms. The number of ether oxygens (including phenoxy) is 1. The summed E-state index contributed by atoms with van der Waals surface area (Å²) < 4.78 is 111. The largest absolute Gasteiger partial charge is 0.433 e. The summed E-state index contributed by atoms with van der Waals surface area (Å²) in [4.78, 5) is 29.5. The van der Waals surface area contributed by atoms with Gasteiger partial charge >= 0.3 is 12.4 Å². The summed E-state index contributed by atoms with van der Waals surface area (Å²) in [5.74, 6) is -2.33. The number of nitrogens with zero attached hydrogens (tertiary/aromatic N) is 2. The average Bonchev–Trinajstić information content (AvgIpc) is 2.96. The minimum atomic E-state index is -4.75. The maximum Gasteiger partial charge on any atom is 0.433 e. The fraction of sp³-hybridized carbons (Fsp3) is 0.222. The molecule has 0 aliphatic carbocycles. The van der Waals surface area contributed by atoms with Crippen molar-refractivity contribution in [1.82, 2.24) is 9.29 Å². The molecule has 9 nitrogen and oxygen atoms in total. The maximum atomic E-state index is 13.3. The molecule has 0 bridgehead atoms. The third kappa shape index (κ3) is 7.97. The molecule has 1 aromatic heterocycles. The second-order valence-corrected chi connectivity index (χ2v) is 11.0. The molecule has 4 rings (SSSR count). The Balaban J connectivity index is 1.65. The van der Waals surface area contributed by atoms with Gasteiger partial charge in [0.2, 0.25) is 10.0 Å². The molecule has 43 heavy (non-hydrogen) atoms. The van der Waals surface area contributed by atoms with E-state index in [4.69, 9.17) is 4.74 Å². The normalized spacial score (nSPS) is 15.2. The van der Waals surface area contributed by atoms with Crippen LogP contribution < -0.4 is 10.6 Å². The van der Waals surface area contributed by atoms with Crippen LogP contribution in [-0.4, -0.2) is 55.8 Å². The lowest BCUT2D eigenvalue weighted by Crippen LogP contribution is -2.40. The maximum absolute atomic E-state index is 13.3. The van der Waals surface area contributed by atoms with Crippen LogP contribution in [0.4, 0.5) is 37.7 Å². The first-order chi connectivity index (χ1) is 20.1.